The Morgan fingerprint density at radius 3 is 2.61 bits per heavy atom. The summed E-state index contributed by atoms with van der Waals surface area (Å²) in [6.45, 7) is 9.72. The molecule has 0 saturated carbocycles. The van der Waals surface area contributed by atoms with Gasteiger partial charge in [0.25, 0.3) is 5.91 Å². The summed E-state index contributed by atoms with van der Waals surface area (Å²) in [5, 5.41) is 6.57. The number of anilines is 1. The number of aromatic nitrogens is 1. The zero-order chi connectivity index (χ0) is 17.2. The van der Waals surface area contributed by atoms with Gasteiger partial charge in [-0.1, -0.05) is 32.0 Å². The van der Waals surface area contributed by atoms with Gasteiger partial charge < -0.3 is 14.6 Å². The Hall–Kier alpha value is -1.82. The summed E-state index contributed by atoms with van der Waals surface area (Å²) in [5.41, 5.74) is 0.948. The van der Waals surface area contributed by atoms with Crippen molar-refractivity contribution in [2.75, 3.05) is 5.32 Å². The minimum atomic E-state index is -0.663. The maximum atomic E-state index is 12.2. The van der Waals surface area contributed by atoms with E-state index in [1.165, 1.54) is 0 Å². The van der Waals surface area contributed by atoms with Gasteiger partial charge in [0.15, 0.2) is 11.9 Å². The summed E-state index contributed by atoms with van der Waals surface area (Å²) < 4.78 is 11.8. The molecule has 0 radical (unpaired) electrons. The molecule has 1 heterocycles. The fourth-order valence-corrected chi connectivity index (χ4v) is 2.45. The highest BCUT2D eigenvalue weighted by molar-refractivity contribution is 9.10. The Bertz CT molecular complexity index is 704. The number of carbonyl (C=O) groups is 1. The summed E-state index contributed by atoms with van der Waals surface area (Å²) in [5.74, 6) is 1.43. The molecule has 2 aromatic rings. The fourth-order valence-electron chi connectivity index (χ4n) is 1.86. The van der Waals surface area contributed by atoms with Crippen LogP contribution >= 0.6 is 15.9 Å². The minimum absolute atomic E-state index is 0.162. The molecule has 6 heteroatoms. The fraction of sp³-hybridized carbons (Fsp3) is 0.412. The van der Waals surface area contributed by atoms with Gasteiger partial charge in [-0.2, -0.15) is 0 Å². The number of nitrogens with one attached hydrogen (secondary N) is 1. The first-order chi connectivity index (χ1) is 10.7. The monoisotopic (exact) mass is 380 g/mol. The molecule has 0 bridgehead atoms. The average molecular weight is 381 g/mol. The van der Waals surface area contributed by atoms with Crippen molar-refractivity contribution in [3.63, 3.8) is 0 Å². The smallest absolute Gasteiger partial charge is 0.266 e. The van der Waals surface area contributed by atoms with Crippen LogP contribution in [0.25, 0.3) is 0 Å². The van der Waals surface area contributed by atoms with Crippen molar-refractivity contribution in [3.05, 3.63) is 40.1 Å². The van der Waals surface area contributed by atoms with Crippen molar-refractivity contribution in [3.8, 4) is 5.75 Å². The Kier molecular flexibility index (Phi) is 5.14. The van der Waals surface area contributed by atoms with Crippen LogP contribution in [-0.4, -0.2) is 17.2 Å². The van der Waals surface area contributed by atoms with Crippen molar-refractivity contribution in [2.45, 2.75) is 46.1 Å². The third kappa shape index (κ3) is 4.58. The number of ether oxygens (including phenoxy) is 1. The average Bonchev–Trinajstić information content (AvgIpc) is 2.90. The Morgan fingerprint density at radius 2 is 2.04 bits per heavy atom. The van der Waals surface area contributed by atoms with Gasteiger partial charge in [0.2, 0.25) is 0 Å². The molecule has 0 spiro atoms. The van der Waals surface area contributed by atoms with E-state index in [4.69, 9.17) is 9.26 Å². The predicted octanol–water partition coefficient (Wildman–Crippen LogP) is 4.45. The van der Waals surface area contributed by atoms with Gasteiger partial charge in [-0.3, -0.25) is 4.79 Å². The molecule has 0 saturated heterocycles. The van der Waals surface area contributed by atoms with E-state index in [2.05, 4.69) is 26.4 Å². The molecule has 1 amide bonds. The molecule has 5 nitrogen and oxygen atoms in total. The molecule has 1 N–H and O–H groups in total. The number of hydrogen-bond donors (Lipinski definition) is 1. The van der Waals surface area contributed by atoms with Crippen LogP contribution in [0.1, 0.15) is 39.0 Å². The SMILES string of the molecule is Cc1ccc(OC(C)C(=O)Nc2cc(C(C)(C)C)on2)c(Br)c1. The second-order valence-corrected chi connectivity index (χ2v) is 7.36. The lowest BCUT2D eigenvalue weighted by Gasteiger charge is -2.15. The number of halogens is 1. The van der Waals surface area contributed by atoms with Gasteiger partial charge in [0.1, 0.15) is 11.5 Å². The van der Waals surface area contributed by atoms with Crippen LogP contribution < -0.4 is 10.1 Å². The third-order valence-electron chi connectivity index (χ3n) is 3.26. The molecule has 0 aliphatic rings. The van der Waals surface area contributed by atoms with Crippen molar-refractivity contribution in [2.24, 2.45) is 0 Å². The molecular weight excluding hydrogens is 360 g/mol. The summed E-state index contributed by atoms with van der Waals surface area (Å²) in [4.78, 5) is 12.2. The van der Waals surface area contributed by atoms with Crippen molar-refractivity contribution >= 4 is 27.7 Å². The first-order valence-corrected chi connectivity index (χ1v) is 8.17. The van der Waals surface area contributed by atoms with Crippen LogP contribution in [0.3, 0.4) is 0 Å². The standard InChI is InChI=1S/C17H21BrN2O3/c1-10-6-7-13(12(18)8-10)22-11(2)16(21)19-15-9-14(23-20-15)17(3,4)5/h6-9,11H,1-5H3,(H,19,20,21). The zero-order valence-corrected chi connectivity index (χ0v) is 15.5. The van der Waals surface area contributed by atoms with Crippen molar-refractivity contribution < 1.29 is 14.1 Å². The number of aryl methyl sites for hydroxylation is 1. The summed E-state index contributed by atoms with van der Waals surface area (Å²) >= 11 is 3.43. The van der Waals surface area contributed by atoms with Gasteiger partial charge in [-0.15, -0.1) is 0 Å². The van der Waals surface area contributed by atoms with Crippen LogP contribution in [0, 0.1) is 6.92 Å². The molecular formula is C17H21BrN2O3. The number of benzene rings is 1. The number of nitrogens with zero attached hydrogens (tertiary/aromatic N) is 1. The number of carbonyl (C=O) groups excluding carboxylic acids is 1. The van der Waals surface area contributed by atoms with E-state index in [9.17, 15) is 4.79 Å². The summed E-state index contributed by atoms with van der Waals surface area (Å²) in [6.07, 6.45) is -0.663. The molecule has 2 rings (SSSR count). The lowest BCUT2D eigenvalue weighted by molar-refractivity contribution is -0.122. The Balaban J connectivity index is 2.01. The lowest BCUT2D eigenvalue weighted by atomic mass is 9.93. The molecule has 124 valence electrons. The topological polar surface area (TPSA) is 64.4 Å². The highest BCUT2D eigenvalue weighted by Gasteiger charge is 2.22. The first-order valence-electron chi connectivity index (χ1n) is 7.37. The molecule has 1 atom stereocenters. The van der Waals surface area contributed by atoms with Gasteiger partial charge in [0, 0.05) is 11.5 Å². The Labute approximate surface area is 144 Å². The zero-order valence-electron chi connectivity index (χ0n) is 13.9. The van der Waals surface area contributed by atoms with E-state index >= 15 is 0 Å². The van der Waals surface area contributed by atoms with Crippen LogP contribution in [0.2, 0.25) is 0 Å². The largest absolute Gasteiger partial charge is 0.480 e. The van der Waals surface area contributed by atoms with Crippen molar-refractivity contribution in [1.82, 2.24) is 5.16 Å². The maximum absolute atomic E-state index is 12.2. The van der Waals surface area contributed by atoms with E-state index in [1.807, 2.05) is 45.9 Å². The predicted molar refractivity (Wildman–Crippen MR) is 92.8 cm³/mol. The molecule has 1 aromatic heterocycles. The van der Waals surface area contributed by atoms with Crippen LogP contribution in [0.5, 0.6) is 5.75 Å². The van der Waals surface area contributed by atoms with E-state index in [0.717, 1.165) is 10.0 Å². The van der Waals surface area contributed by atoms with E-state index in [0.29, 0.717) is 17.3 Å². The quantitative estimate of drug-likeness (QED) is 0.850. The molecule has 23 heavy (non-hydrogen) atoms. The van der Waals surface area contributed by atoms with E-state index in [-0.39, 0.29) is 11.3 Å². The van der Waals surface area contributed by atoms with Gasteiger partial charge in [-0.25, -0.2) is 0 Å². The maximum Gasteiger partial charge on any atom is 0.266 e. The van der Waals surface area contributed by atoms with Crippen molar-refractivity contribution in [1.29, 1.82) is 0 Å². The Morgan fingerprint density at radius 1 is 1.35 bits per heavy atom. The second-order valence-electron chi connectivity index (χ2n) is 6.51. The van der Waals surface area contributed by atoms with Gasteiger partial charge in [0.05, 0.1) is 4.47 Å². The van der Waals surface area contributed by atoms with Crippen LogP contribution in [0.4, 0.5) is 5.82 Å². The third-order valence-corrected chi connectivity index (χ3v) is 3.88. The van der Waals surface area contributed by atoms with E-state index in [1.54, 1.807) is 13.0 Å². The minimum Gasteiger partial charge on any atom is -0.480 e. The summed E-state index contributed by atoms with van der Waals surface area (Å²) in [6, 6.07) is 7.43. The number of amides is 1. The first kappa shape index (κ1) is 17.5. The lowest BCUT2D eigenvalue weighted by Crippen LogP contribution is -2.30. The number of hydrogen-bond acceptors (Lipinski definition) is 4. The molecule has 0 aliphatic heterocycles. The second kappa shape index (κ2) is 6.74. The molecule has 0 fully saturated rings. The van der Waals surface area contributed by atoms with E-state index < -0.39 is 6.10 Å². The van der Waals surface area contributed by atoms with Gasteiger partial charge >= 0.3 is 0 Å². The van der Waals surface area contributed by atoms with Crippen LogP contribution in [-0.2, 0) is 10.2 Å². The van der Waals surface area contributed by atoms with Gasteiger partial charge in [-0.05, 0) is 47.5 Å². The molecule has 1 aromatic carbocycles. The molecule has 0 aliphatic carbocycles. The molecule has 1 unspecified atom stereocenters. The highest BCUT2D eigenvalue weighted by atomic mass is 79.9. The number of rotatable bonds is 4. The highest BCUT2D eigenvalue weighted by Crippen LogP contribution is 2.27. The normalized spacial score (nSPS) is 12.8. The summed E-state index contributed by atoms with van der Waals surface area (Å²) in [7, 11) is 0. The van der Waals surface area contributed by atoms with Crippen LogP contribution in [0.15, 0.2) is 33.3 Å².